The zero-order valence-electron chi connectivity index (χ0n) is 6.31. The molecular weight excluding hydrogens is 173 g/mol. The molecule has 2 nitrogen and oxygen atoms in total. The molecule has 0 rings (SSSR count). The first-order valence-electron chi connectivity index (χ1n) is 3.13. The average Bonchev–Trinajstić information content (AvgIpc) is 1.85. The lowest BCUT2D eigenvalue weighted by atomic mass is 10.2. The van der Waals surface area contributed by atoms with E-state index in [1.807, 2.05) is 0 Å². The predicted molar refractivity (Wildman–Crippen MR) is 35.5 cm³/mol. The van der Waals surface area contributed by atoms with Gasteiger partial charge in [-0.25, -0.2) is 0 Å². The van der Waals surface area contributed by atoms with Crippen LogP contribution in [0.1, 0.15) is 13.3 Å². The van der Waals surface area contributed by atoms with Crippen LogP contribution in [0.5, 0.6) is 0 Å². The molecule has 0 spiro atoms. The van der Waals surface area contributed by atoms with Gasteiger partial charge in [-0.1, -0.05) is 6.08 Å². The fourth-order valence-electron chi connectivity index (χ4n) is 0.503. The fraction of sp³-hybridized carbons (Fsp3) is 0.429. The Morgan fingerprint density at radius 2 is 1.83 bits per heavy atom. The molecule has 0 aliphatic rings. The zero-order chi connectivity index (χ0) is 9.78. The van der Waals surface area contributed by atoms with E-state index in [2.05, 4.69) is 0 Å². The van der Waals surface area contributed by atoms with Crippen molar-refractivity contribution in [2.45, 2.75) is 19.5 Å². The summed E-state index contributed by atoms with van der Waals surface area (Å²) in [5, 5.41) is 0. The first-order chi connectivity index (χ1) is 5.38. The van der Waals surface area contributed by atoms with Crippen LogP contribution in [0.15, 0.2) is 12.2 Å². The Balaban J connectivity index is 4.11. The Hall–Kier alpha value is -1.13. The summed E-state index contributed by atoms with van der Waals surface area (Å²) in [6.07, 6.45) is -3.79. The maximum Gasteiger partial charge on any atom is 0.450 e. The third kappa shape index (κ3) is 3.90. The monoisotopic (exact) mass is 180 g/mol. The number of halogens is 3. The minimum absolute atomic E-state index is 0.833. The number of ketones is 2. The number of hydrogen-bond acceptors (Lipinski definition) is 2. The Morgan fingerprint density at radius 1 is 1.33 bits per heavy atom. The highest BCUT2D eigenvalue weighted by atomic mass is 19.4. The van der Waals surface area contributed by atoms with Crippen LogP contribution < -0.4 is 0 Å². The highest BCUT2D eigenvalue weighted by Crippen LogP contribution is 2.17. The summed E-state index contributed by atoms with van der Waals surface area (Å²) in [5.41, 5.74) is 0. The molecule has 0 bridgehead atoms. The average molecular weight is 180 g/mol. The summed E-state index contributed by atoms with van der Waals surface area (Å²) in [5.74, 6) is -2.84. The van der Waals surface area contributed by atoms with Gasteiger partial charge in [0.1, 0.15) is 0 Å². The van der Waals surface area contributed by atoms with E-state index >= 15 is 0 Å². The van der Waals surface area contributed by atoms with Gasteiger partial charge < -0.3 is 0 Å². The quantitative estimate of drug-likeness (QED) is 0.488. The van der Waals surface area contributed by atoms with Crippen molar-refractivity contribution in [3.63, 3.8) is 0 Å². The van der Waals surface area contributed by atoms with Crippen LogP contribution in [0.2, 0.25) is 0 Å². The summed E-state index contributed by atoms with van der Waals surface area (Å²) in [7, 11) is 0. The normalized spacial score (nSPS) is 12.0. The molecule has 0 N–H and O–H groups in total. The van der Waals surface area contributed by atoms with E-state index in [0.717, 1.165) is 6.08 Å². The van der Waals surface area contributed by atoms with Gasteiger partial charge in [0.2, 0.25) is 5.78 Å². The molecule has 0 heterocycles. The number of Topliss-reactive ketones (excluding diaryl/α,β-unsaturated/α-hetero) is 1. The minimum atomic E-state index is -4.91. The summed E-state index contributed by atoms with van der Waals surface area (Å²) in [6.45, 7) is 1.48. The van der Waals surface area contributed by atoms with Crippen molar-refractivity contribution in [3.05, 3.63) is 12.2 Å². The van der Waals surface area contributed by atoms with Crippen LogP contribution in [-0.4, -0.2) is 17.7 Å². The van der Waals surface area contributed by atoms with Crippen molar-refractivity contribution in [2.75, 3.05) is 0 Å². The summed E-state index contributed by atoms with van der Waals surface area (Å²) < 4.78 is 34.6. The van der Waals surface area contributed by atoms with Crippen molar-refractivity contribution in [3.8, 4) is 0 Å². The number of rotatable bonds is 3. The van der Waals surface area contributed by atoms with Crippen molar-refractivity contribution >= 4 is 11.6 Å². The Kier molecular flexibility index (Phi) is 3.66. The number of carbonyl (C=O) groups is 2. The summed E-state index contributed by atoms with van der Waals surface area (Å²) >= 11 is 0. The number of carbonyl (C=O) groups excluding carboxylic acids is 2. The summed E-state index contributed by atoms with van der Waals surface area (Å²) in [6, 6.07) is 0. The third-order valence-electron chi connectivity index (χ3n) is 1.00. The summed E-state index contributed by atoms with van der Waals surface area (Å²) in [4.78, 5) is 20.7. The second kappa shape index (κ2) is 4.04. The van der Waals surface area contributed by atoms with Gasteiger partial charge in [0.15, 0.2) is 5.78 Å². The lowest BCUT2D eigenvalue weighted by molar-refractivity contribution is -0.171. The van der Waals surface area contributed by atoms with E-state index < -0.39 is 24.2 Å². The SMILES string of the molecule is C/C=C/C(=O)CC(=O)C(F)(F)F. The molecule has 0 atom stereocenters. The van der Waals surface area contributed by atoms with Crippen molar-refractivity contribution < 1.29 is 22.8 Å². The van der Waals surface area contributed by atoms with E-state index in [1.54, 1.807) is 0 Å². The Labute approximate surface area is 67.1 Å². The van der Waals surface area contributed by atoms with Gasteiger partial charge in [0.05, 0.1) is 6.42 Å². The Bertz CT molecular complexity index is 215. The smallest absolute Gasteiger partial charge is 0.294 e. The van der Waals surface area contributed by atoms with Gasteiger partial charge in [0, 0.05) is 0 Å². The second-order valence-corrected chi connectivity index (χ2v) is 2.06. The first kappa shape index (κ1) is 10.9. The molecule has 0 radical (unpaired) electrons. The van der Waals surface area contributed by atoms with Gasteiger partial charge in [-0.2, -0.15) is 13.2 Å². The molecule has 12 heavy (non-hydrogen) atoms. The highest BCUT2D eigenvalue weighted by molar-refractivity contribution is 6.06. The van der Waals surface area contributed by atoms with Gasteiger partial charge >= 0.3 is 6.18 Å². The molecule has 0 aromatic rings. The van der Waals surface area contributed by atoms with Crippen molar-refractivity contribution in [1.29, 1.82) is 0 Å². The van der Waals surface area contributed by atoms with Crippen LogP contribution in [0.3, 0.4) is 0 Å². The molecule has 0 aliphatic heterocycles. The number of hydrogen-bond donors (Lipinski definition) is 0. The van der Waals surface area contributed by atoms with Crippen LogP contribution in [0.25, 0.3) is 0 Å². The Morgan fingerprint density at radius 3 is 2.17 bits per heavy atom. The second-order valence-electron chi connectivity index (χ2n) is 2.06. The topological polar surface area (TPSA) is 34.1 Å². The molecule has 0 aromatic heterocycles. The molecular formula is C7H7F3O2. The van der Waals surface area contributed by atoms with Crippen molar-refractivity contribution in [2.24, 2.45) is 0 Å². The van der Waals surface area contributed by atoms with Gasteiger partial charge in [-0.15, -0.1) is 0 Å². The van der Waals surface area contributed by atoms with E-state index in [4.69, 9.17) is 0 Å². The van der Waals surface area contributed by atoms with Gasteiger partial charge in [-0.05, 0) is 13.0 Å². The largest absolute Gasteiger partial charge is 0.450 e. The molecule has 0 aliphatic carbocycles. The number of allylic oxidation sites excluding steroid dienone is 2. The fourth-order valence-corrected chi connectivity index (χ4v) is 0.503. The lowest BCUT2D eigenvalue weighted by Gasteiger charge is -2.01. The standard InChI is InChI=1S/C7H7F3O2/c1-2-3-5(11)4-6(12)7(8,9)10/h2-3H,4H2,1H3/b3-2+. The van der Waals surface area contributed by atoms with E-state index in [-0.39, 0.29) is 0 Å². The number of alkyl halides is 3. The van der Waals surface area contributed by atoms with Crippen LogP contribution in [0.4, 0.5) is 13.2 Å². The molecule has 0 unspecified atom stereocenters. The maximum absolute atomic E-state index is 11.5. The van der Waals surface area contributed by atoms with Crippen LogP contribution >= 0.6 is 0 Å². The third-order valence-corrected chi connectivity index (χ3v) is 1.00. The molecule has 68 valence electrons. The molecule has 5 heteroatoms. The van der Waals surface area contributed by atoms with Crippen LogP contribution in [-0.2, 0) is 9.59 Å². The van der Waals surface area contributed by atoms with Gasteiger partial charge in [0.25, 0.3) is 0 Å². The van der Waals surface area contributed by atoms with Crippen LogP contribution in [0, 0.1) is 0 Å². The molecule has 0 saturated heterocycles. The zero-order valence-corrected chi connectivity index (χ0v) is 6.31. The van der Waals surface area contributed by atoms with E-state index in [9.17, 15) is 22.8 Å². The highest BCUT2D eigenvalue weighted by Gasteiger charge is 2.38. The maximum atomic E-state index is 11.5. The molecule has 0 amide bonds. The molecule has 0 fully saturated rings. The lowest BCUT2D eigenvalue weighted by Crippen LogP contribution is -2.24. The van der Waals surface area contributed by atoms with Crippen molar-refractivity contribution in [1.82, 2.24) is 0 Å². The predicted octanol–water partition coefficient (Wildman–Crippen LogP) is 1.65. The molecule has 0 saturated carbocycles. The van der Waals surface area contributed by atoms with E-state index in [1.165, 1.54) is 13.0 Å². The van der Waals surface area contributed by atoms with Gasteiger partial charge in [-0.3, -0.25) is 9.59 Å². The van der Waals surface area contributed by atoms with E-state index in [0.29, 0.717) is 0 Å². The molecule has 0 aromatic carbocycles. The first-order valence-corrected chi connectivity index (χ1v) is 3.13. The minimum Gasteiger partial charge on any atom is -0.294 e.